The lowest BCUT2D eigenvalue weighted by atomic mass is 10.0. The van der Waals surface area contributed by atoms with Gasteiger partial charge in [0, 0.05) is 6.42 Å². The molecule has 0 aliphatic carbocycles. The lowest BCUT2D eigenvalue weighted by molar-refractivity contribution is -0.114. The lowest BCUT2D eigenvalue weighted by Crippen LogP contribution is -2.47. The van der Waals surface area contributed by atoms with Gasteiger partial charge in [0.05, 0.1) is 19.3 Å². The fraction of sp³-hybridized carbons (Fsp3) is 1.00. The van der Waals surface area contributed by atoms with Gasteiger partial charge in [-0.25, -0.2) is 25.3 Å². The number of hydrogen-bond donors (Lipinski definition) is 0. The molecule has 0 aromatic heterocycles. The molecule has 0 spiro atoms. The fourth-order valence-corrected chi connectivity index (χ4v) is 2.89. The van der Waals surface area contributed by atoms with Crippen LogP contribution in [0.5, 0.6) is 0 Å². The van der Waals surface area contributed by atoms with E-state index in [1.807, 2.05) is 0 Å². The predicted octanol–water partition coefficient (Wildman–Crippen LogP) is -3.06. The molecule has 1 aliphatic rings. The molecular formula is C6H9O13S3-3. The van der Waals surface area contributed by atoms with E-state index < -0.39 is 69.1 Å². The van der Waals surface area contributed by atoms with Gasteiger partial charge in [-0.3, -0.25) is 12.5 Å². The number of hydrogen-bond acceptors (Lipinski definition) is 13. The maximum absolute atomic E-state index is 10.6. The third kappa shape index (κ3) is 8.27. The van der Waals surface area contributed by atoms with Gasteiger partial charge in [-0.1, -0.05) is 0 Å². The van der Waals surface area contributed by atoms with Crippen LogP contribution in [-0.4, -0.2) is 70.4 Å². The topological polar surface area (TPSA) is 209 Å². The summed E-state index contributed by atoms with van der Waals surface area (Å²) in [5, 5.41) is 0. The van der Waals surface area contributed by atoms with Crippen molar-refractivity contribution in [1.29, 1.82) is 0 Å². The summed E-state index contributed by atoms with van der Waals surface area (Å²) in [6.07, 6.45) is -5.30. The van der Waals surface area contributed by atoms with E-state index in [9.17, 15) is 38.9 Å². The summed E-state index contributed by atoms with van der Waals surface area (Å²) >= 11 is 0. The fourth-order valence-electron chi connectivity index (χ4n) is 1.59. The summed E-state index contributed by atoms with van der Waals surface area (Å²) in [5.74, 6) is 0. The maximum Gasteiger partial charge on any atom is 0.218 e. The van der Waals surface area contributed by atoms with Gasteiger partial charge in [0.25, 0.3) is 0 Å². The van der Waals surface area contributed by atoms with Crippen LogP contribution in [0.2, 0.25) is 0 Å². The first-order valence-corrected chi connectivity index (χ1v) is 9.25. The van der Waals surface area contributed by atoms with Gasteiger partial charge in [-0.15, -0.1) is 0 Å². The Morgan fingerprint density at radius 1 is 0.864 bits per heavy atom. The zero-order valence-corrected chi connectivity index (χ0v) is 12.8. The van der Waals surface area contributed by atoms with Crippen LogP contribution in [-0.2, 0) is 48.5 Å². The first-order chi connectivity index (χ1) is 9.75. The summed E-state index contributed by atoms with van der Waals surface area (Å²) in [4.78, 5) is 0. The van der Waals surface area contributed by atoms with E-state index >= 15 is 0 Å². The second-order valence-electron chi connectivity index (χ2n) is 3.97. The van der Waals surface area contributed by atoms with Crippen LogP contribution in [0, 0.1) is 0 Å². The Hall–Kier alpha value is -0.430. The molecule has 0 radical (unpaired) electrons. The Bertz CT molecular complexity index is 675. The van der Waals surface area contributed by atoms with Gasteiger partial charge in [-0.05, 0) is 0 Å². The van der Waals surface area contributed by atoms with E-state index in [1.54, 1.807) is 0 Å². The van der Waals surface area contributed by atoms with Crippen molar-refractivity contribution in [2.75, 3.05) is 13.2 Å². The van der Waals surface area contributed by atoms with E-state index in [4.69, 9.17) is 4.74 Å². The van der Waals surface area contributed by atoms with E-state index in [-0.39, 0.29) is 0 Å². The molecule has 2 unspecified atom stereocenters. The van der Waals surface area contributed by atoms with Crippen LogP contribution < -0.4 is 0 Å². The van der Waals surface area contributed by atoms with E-state index in [0.717, 1.165) is 0 Å². The molecular weight excluding hydrogens is 376 g/mol. The molecule has 1 rings (SSSR count). The van der Waals surface area contributed by atoms with Gasteiger partial charge in [0.2, 0.25) is 31.2 Å². The molecule has 1 aliphatic heterocycles. The summed E-state index contributed by atoms with van der Waals surface area (Å²) in [5.41, 5.74) is 0. The molecule has 3 atom stereocenters. The monoisotopic (exact) mass is 385 g/mol. The Balaban J connectivity index is 2.79. The SMILES string of the molecule is O=S(=O)([O-])OCC1C[C@H](OS(=O)(=O)[O-])C(OS(=O)(=O)[O-])CO1. The van der Waals surface area contributed by atoms with Crippen LogP contribution in [0.3, 0.4) is 0 Å². The Labute approximate surface area is 126 Å². The van der Waals surface area contributed by atoms with E-state index in [1.165, 1.54) is 0 Å². The average Bonchev–Trinajstić information content (AvgIpc) is 2.24. The van der Waals surface area contributed by atoms with Gasteiger partial charge in [0.15, 0.2) is 0 Å². The maximum atomic E-state index is 10.6. The summed E-state index contributed by atoms with van der Waals surface area (Å²) < 4.78 is 111. The van der Waals surface area contributed by atoms with E-state index in [2.05, 4.69) is 12.5 Å². The van der Waals surface area contributed by atoms with Crippen molar-refractivity contribution in [3.63, 3.8) is 0 Å². The molecule has 0 saturated carbocycles. The second-order valence-corrected chi connectivity index (χ2v) is 7.04. The molecule has 16 heteroatoms. The highest BCUT2D eigenvalue weighted by Gasteiger charge is 2.36. The van der Waals surface area contributed by atoms with Crippen molar-refractivity contribution in [2.24, 2.45) is 0 Å². The van der Waals surface area contributed by atoms with Crippen LogP contribution >= 0.6 is 0 Å². The summed E-state index contributed by atoms with van der Waals surface area (Å²) in [7, 11) is -15.6. The van der Waals surface area contributed by atoms with Crippen molar-refractivity contribution in [3.8, 4) is 0 Å². The Morgan fingerprint density at radius 2 is 1.36 bits per heavy atom. The smallest absolute Gasteiger partial charge is 0.218 e. The molecule has 13 nitrogen and oxygen atoms in total. The zero-order chi connectivity index (χ0) is 17.2. The van der Waals surface area contributed by atoms with Crippen molar-refractivity contribution >= 4 is 31.2 Å². The molecule has 0 amide bonds. The first-order valence-electron chi connectivity index (χ1n) is 5.25. The predicted molar refractivity (Wildman–Crippen MR) is 59.1 cm³/mol. The highest BCUT2D eigenvalue weighted by molar-refractivity contribution is 7.81. The first kappa shape index (κ1) is 19.6. The minimum Gasteiger partial charge on any atom is -0.726 e. The molecule has 0 aromatic carbocycles. The third-order valence-corrected chi connectivity index (χ3v) is 3.68. The molecule has 1 saturated heterocycles. The quantitative estimate of drug-likeness (QED) is 0.315. The molecule has 0 bridgehead atoms. The van der Waals surface area contributed by atoms with Gasteiger partial charge in [-0.2, -0.15) is 0 Å². The van der Waals surface area contributed by atoms with Gasteiger partial charge >= 0.3 is 0 Å². The molecule has 22 heavy (non-hydrogen) atoms. The highest BCUT2D eigenvalue weighted by Crippen LogP contribution is 2.23. The third-order valence-electron chi connectivity index (χ3n) is 2.29. The molecule has 1 fully saturated rings. The summed E-state index contributed by atoms with van der Waals surface area (Å²) in [6, 6.07) is 0. The van der Waals surface area contributed by atoms with Crippen LogP contribution in [0.1, 0.15) is 6.42 Å². The summed E-state index contributed by atoms with van der Waals surface area (Å²) in [6.45, 7) is -1.56. The molecule has 0 aromatic rings. The van der Waals surface area contributed by atoms with Crippen molar-refractivity contribution in [1.82, 2.24) is 0 Å². The average molecular weight is 385 g/mol. The van der Waals surface area contributed by atoms with Gasteiger partial charge < -0.3 is 18.4 Å². The number of ether oxygens (including phenoxy) is 1. The van der Waals surface area contributed by atoms with Gasteiger partial charge in [0.1, 0.15) is 12.2 Å². The molecule has 0 N–H and O–H groups in total. The lowest BCUT2D eigenvalue weighted by Gasteiger charge is -2.35. The minimum absolute atomic E-state index is 0.586. The van der Waals surface area contributed by atoms with E-state index in [0.29, 0.717) is 0 Å². The van der Waals surface area contributed by atoms with Crippen LogP contribution in [0.15, 0.2) is 0 Å². The molecule has 1 heterocycles. The van der Waals surface area contributed by atoms with Crippen LogP contribution in [0.4, 0.5) is 0 Å². The minimum atomic E-state index is -5.28. The van der Waals surface area contributed by atoms with Crippen molar-refractivity contribution < 1.29 is 56.2 Å². The second kappa shape index (κ2) is 6.99. The molecule has 132 valence electrons. The normalized spacial score (nSPS) is 27.7. The van der Waals surface area contributed by atoms with Crippen molar-refractivity contribution in [3.05, 3.63) is 0 Å². The zero-order valence-electron chi connectivity index (χ0n) is 10.4. The van der Waals surface area contributed by atoms with Crippen molar-refractivity contribution in [2.45, 2.75) is 24.7 Å². The number of rotatable bonds is 7. The van der Waals surface area contributed by atoms with Crippen LogP contribution in [0.25, 0.3) is 0 Å². The Morgan fingerprint density at radius 3 is 1.82 bits per heavy atom. The standard InChI is InChI=1S/C6H12O13S3/c7-20(8,9)17-2-4-1-5(18-21(10,11)12)6(3-16-4)19-22(13,14)15/h4-6H,1-3H2,(H,7,8,9)(H,10,11,12)(H,13,14,15)/p-3/t4?,5-,6?/m0/s1. The highest BCUT2D eigenvalue weighted by atomic mass is 32.3. The Kier molecular flexibility index (Phi) is 6.23. The largest absolute Gasteiger partial charge is 0.726 e.